The Bertz CT molecular complexity index is 879. The van der Waals surface area contributed by atoms with E-state index in [4.69, 9.17) is 4.42 Å². The van der Waals surface area contributed by atoms with E-state index in [1.54, 1.807) is 6.07 Å². The number of anilines is 1. The van der Waals surface area contributed by atoms with Gasteiger partial charge in [-0.3, -0.25) is 24.5 Å². The van der Waals surface area contributed by atoms with Gasteiger partial charge in [0.15, 0.2) is 5.76 Å². The molecule has 3 rings (SSSR count). The molecule has 1 aliphatic rings. The first-order chi connectivity index (χ1) is 13.0. The Morgan fingerprint density at radius 2 is 2.15 bits per heavy atom. The zero-order valence-electron chi connectivity index (χ0n) is 14.1. The van der Waals surface area contributed by atoms with Crippen molar-refractivity contribution in [3.63, 3.8) is 0 Å². The highest BCUT2D eigenvalue weighted by Crippen LogP contribution is 2.19. The molecule has 10 nitrogen and oxygen atoms in total. The van der Waals surface area contributed by atoms with Gasteiger partial charge in [0.2, 0.25) is 11.8 Å². The van der Waals surface area contributed by atoms with E-state index in [0.29, 0.717) is 0 Å². The van der Waals surface area contributed by atoms with Crippen molar-refractivity contribution < 1.29 is 23.7 Å². The lowest BCUT2D eigenvalue weighted by molar-refractivity contribution is -0.384. The molecule has 27 heavy (non-hydrogen) atoms. The molecule has 1 aromatic carbocycles. The number of carbonyl (C=O) groups excluding carboxylic acids is 3. The van der Waals surface area contributed by atoms with Gasteiger partial charge in [-0.15, -0.1) is 0 Å². The summed E-state index contributed by atoms with van der Waals surface area (Å²) >= 11 is 0. The molecule has 0 radical (unpaired) electrons. The van der Waals surface area contributed by atoms with Crippen LogP contribution in [-0.4, -0.2) is 46.7 Å². The van der Waals surface area contributed by atoms with Crippen LogP contribution in [0.2, 0.25) is 0 Å². The Kier molecular flexibility index (Phi) is 5.15. The van der Waals surface area contributed by atoms with Gasteiger partial charge in [0.05, 0.1) is 17.6 Å². The van der Waals surface area contributed by atoms with Crippen molar-refractivity contribution in [2.75, 3.05) is 18.4 Å². The molecule has 1 atom stereocenters. The topological polar surface area (TPSA) is 135 Å². The highest BCUT2D eigenvalue weighted by atomic mass is 16.6. The molecule has 2 aromatic rings. The van der Waals surface area contributed by atoms with E-state index in [1.807, 2.05) is 0 Å². The number of amides is 3. The molecule has 2 N–H and O–H groups in total. The molecule has 0 saturated carbocycles. The molecule has 1 aliphatic heterocycles. The van der Waals surface area contributed by atoms with Crippen molar-refractivity contribution in [2.45, 2.75) is 12.5 Å². The van der Waals surface area contributed by atoms with Crippen molar-refractivity contribution in [1.82, 2.24) is 10.2 Å². The summed E-state index contributed by atoms with van der Waals surface area (Å²) in [5.41, 5.74) is 0.0622. The van der Waals surface area contributed by atoms with Crippen LogP contribution in [0.15, 0.2) is 47.1 Å². The predicted molar refractivity (Wildman–Crippen MR) is 92.9 cm³/mol. The fraction of sp³-hybridized carbons (Fsp3) is 0.235. The summed E-state index contributed by atoms with van der Waals surface area (Å²) in [5.74, 6) is -1.40. The Morgan fingerprint density at radius 3 is 2.85 bits per heavy atom. The normalized spacial score (nSPS) is 16.5. The predicted octanol–water partition coefficient (Wildman–Crippen LogP) is 1.16. The van der Waals surface area contributed by atoms with Crippen LogP contribution in [0.25, 0.3) is 0 Å². The number of carbonyl (C=O) groups is 3. The summed E-state index contributed by atoms with van der Waals surface area (Å²) < 4.78 is 5.08. The Balaban J connectivity index is 1.72. The molecule has 0 bridgehead atoms. The zero-order chi connectivity index (χ0) is 19.4. The summed E-state index contributed by atoms with van der Waals surface area (Å²) in [4.78, 5) is 48.6. The number of non-ortho nitro benzene ring substituents is 1. The lowest BCUT2D eigenvalue weighted by Crippen LogP contribution is -2.58. The minimum atomic E-state index is -1.00. The lowest BCUT2D eigenvalue weighted by Gasteiger charge is -2.34. The molecular formula is C17H16N4O6. The van der Waals surface area contributed by atoms with Crippen LogP contribution >= 0.6 is 0 Å². The Hall–Kier alpha value is -3.69. The van der Waals surface area contributed by atoms with Crippen LogP contribution in [0.4, 0.5) is 11.4 Å². The number of rotatable bonds is 5. The maximum absolute atomic E-state index is 12.5. The average Bonchev–Trinajstić information content (AvgIpc) is 3.17. The molecule has 0 spiro atoms. The fourth-order valence-electron chi connectivity index (χ4n) is 2.79. The first-order valence-electron chi connectivity index (χ1n) is 8.12. The second kappa shape index (κ2) is 7.68. The largest absolute Gasteiger partial charge is 0.459 e. The number of benzene rings is 1. The number of furan rings is 1. The number of piperazine rings is 1. The maximum atomic E-state index is 12.5. The minimum absolute atomic E-state index is 0.0776. The second-order valence-electron chi connectivity index (χ2n) is 5.84. The average molecular weight is 372 g/mol. The quantitative estimate of drug-likeness (QED) is 0.597. The van der Waals surface area contributed by atoms with Gasteiger partial charge in [0.25, 0.3) is 11.6 Å². The molecule has 1 aromatic heterocycles. The first-order valence-corrected chi connectivity index (χ1v) is 8.12. The van der Waals surface area contributed by atoms with E-state index < -0.39 is 28.7 Å². The SMILES string of the molecule is O=C(CC1C(=O)NCCN1C(=O)c1ccco1)Nc1cccc([N+](=O)[O-])c1. The summed E-state index contributed by atoms with van der Waals surface area (Å²) in [5, 5.41) is 16.0. The van der Waals surface area contributed by atoms with Crippen LogP contribution in [0.1, 0.15) is 17.0 Å². The van der Waals surface area contributed by atoms with Gasteiger partial charge < -0.3 is 20.0 Å². The van der Waals surface area contributed by atoms with Gasteiger partial charge >= 0.3 is 0 Å². The molecule has 1 fully saturated rings. The fourth-order valence-corrected chi connectivity index (χ4v) is 2.79. The number of hydrogen-bond acceptors (Lipinski definition) is 6. The van der Waals surface area contributed by atoms with Gasteiger partial charge in [-0.1, -0.05) is 6.07 Å². The van der Waals surface area contributed by atoms with Gasteiger partial charge in [-0.25, -0.2) is 0 Å². The van der Waals surface area contributed by atoms with E-state index in [-0.39, 0.29) is 36.6 Å². The first kappa shape index (κ1) is 18.1. The maximum Gasteiger partial charge on any atom is 0.290 e. The molecule has 10 heteroatoms. The standard InChI is InChI=1S/C17H16N4O6/c22-15(19-11-3-1-4-12(9-11)21(25)26)10-13-16(23)18-6-7-20(13)17(24)14-5-2-8-27-14/h1-5,8-9,13H,6-7,10H2,(H,18,23)(H,19,22). The van der Waals surface area contributed by atoms with E-state index in [1.165, 1.54) is 41.5 Å². The van der Waals surface area contributed by atoms with Crippen molar-refractivity contribution in [2.24, 2.45) is 0 Å². The monoisotopic (exact) mass is 372 g/mol. The summed E-state index contributed by atoms with van der Waals surface area (Å²) in [6, 6.07) is 7.48. The van der Waals surface area contributed by atoms with Gasteiger partial charge in [-0.2, -0.15) is 0 Å². The van der Waals surface area contributed by atoms with Gasteiger partial charge in [-0.05, 0) is 18.2 Å². The van der Waals surface area contributed by atoms with Gasteiger partial charge in [0.1, 0.15) is 6.04 Å². The number of nitro groups is 1. The molecule has 2 heterocycles. The Morgan fingerprint density at radius 1 is 1.33 bits per heavy atom. The number of nitro benzene ring substituents is 1. The number of hydrogen-bond donors (Lipinski definition) is 2. The lowest BCUT2D eigenvalue weighted by atomic mass is 10.1. The van der Waals surface area contributed by atoms with Crippen LogP contribution in [-0.2, 0) is 9.59 Å². The van der Waals surface area contributed by atoms with E-state index in [9.17, 15) is 24.5 Å². The minimum Gasteiger partial charge on any atom is -0.459 e. The highest BCUT2D eigenvalue weighted by molar-refractivity contribution is 6.00. The molecular weight excluding hydrogens is 356 g/mol. The van der Waals surface area contributed by atoms with E-state index in [2.05, 4.69) is 10.6 Å². The van der Waals surface area contributed by atoms with Crippen molar-refractivity contribution in [3.05, 3.63) is 58.5 Å². The van der Waals surface area contributed by atoms with Crippen LogP contribution in [0.5, 0.6) is 0 Å². The molecule has 3 amide bonds. The van der Waals surface area contributed by atoms with E-state index >= 15 is 0 Å². The van der Waals surface area contributed by atoms with Crippen LogP contribution in [0.3, 0.4) is 0 Å². The number of nitrogens with one attached hydrogen (secondary N) is 2. The second-order valence-corrected chi connectivity index (χ2v) is 5.84. The third-order valence-corrected chi connectivity index (χ3v) is 4.04. The van der Waals surface area contributed by atoms with Crippen LogP contribution < -0.4 is 10.6 Å². The number of nitrogens with zero attached hydrogens (tertiary/aromatic N) is 2. The van der Waals surface area contributed by atoms with Crippen molar-refractivity contribution >= 4 is 29.1 Å². The third kappa shape index (κ3) is 4.11. The molecule has 140 valence electrons. The Labute approximate surface area is 153 Å². The van der Waals surface area contributed by atoms with Crippen molar-refractivity contribution in [1.29, 1.82) is 0 Å². The smallest absolute Gasteiger partial charge is 0.290 e. The summed E-state index contributed by atoms with van der Waals surface area (Å²) in [7, 11) is 0. The third-order valence-electron chi connectivity index (χ3n) is 4.04. The van der Waals surface area contributed by atoms with E-state index in [0.717, 1.165) is 0 Å². The molecule has 1 saturated heterocycles. The highest BCUT2D eigenvalue weighted by Gasteiger charge is 2.36. The van der Waals surface area contributed by atoms with Crippen molar-refractivity contribution in [3.8, 4) is 0 Å². The zero-order valence-corrected chi connectivity index (χ0v) is 14.1. The molecule has 1 unspecified atom stereocenters. The van der Waals surface area contributed by atoms with Gasteiger partial charge in [0, 0.05) is 30.9 Å². The summed E-state index contributed by atoms with van der Waals surface area (Å²) in [6.07, 6.45) is 1.06. The van der Waals surface area contributed by atoms with Crippen LogP contribution in [0, 0.1) is 10.1 Å². The molecule has 0 aliphatic carbocycles. The summed E-state index contributed by atoms with van der Waals surface area (Å²) in [6.45, 7) is 0.508.